The molecule has 2 aromatic carbocycles. The van der Waals surface area contributed by atoms with Gasteiger partial charge in [0.1, 0.15) is 5.75 Å². The molecule has 0 saturated carbocycles. The Morgan fingerprint density at radius 3 is 2.37 bits per heavy atom. The second kappa shape index (κ2) is 9.32. The minimum Gasteiger partial charge on any atom is -0.494 e. The second-order valence-electron chi connectivity index (χ2n) is 6.40. The van der Waals surface area contributed by atoms with E-state index in [9.17, 15) is 8.42 Å². The Morgan fingerprint density at radius 2 is 1.74 bits per heavy atom. The Labute approximate surface area is 161 Å². The maximum Gasteiger partial charge on any atom is 0.241 e. The summed E-state index contributed by atoms with van der Waals surface area (Å²) in [6.07, 6.45) is 0. The van der Waals surface area contributed by atoms with E-state index in [2.05, 4.69) is 9.62 Å². The summed E-state index contributed by atoms with van der Waals surface area (Å²) in [5, 5.41) is 0. The smallest absolute Gasteiger partial charge is 0.241 e. The molecule has 1 atom stereocenters. The van der Waals surface area contributed by atoms with Gasteiger partial charge in [-0.15, -0.1) is 0 Å². The topological polar surface area (TPSA) is 67.9 Å². The number of hydrogen-bond acceptors (Lipinski definition) is 5. The summed E-state index contributed by atoms with van der Waals surface area (Å²) in [4.78, 5) is 2.45. The summed E-state index contributed by atoms with van der Waals surface area (Å²) in [6, 6.07) is 15.8. The van der Waals surface area contributed by atoms with Crippen LogP contribution < -0.4 is 9.46 Å². The maximum absolute atomic E-state index is 12.9. The Morgan fingerprint density at radius 1 is 1.07 bits per heavy atom. The van der Waals surface area contributed by atoms with Crippen molar-refractivity contribution in [2.75, 3.05) is 39.5 Å². The van der Waals surface area contributed by atoms with Gasteiger partial charge in [-0.25, -0.2) is 13.1 Å². The number of ether oxygens (including phenoxy) is 2. The van der Waals surface area contributed by atoms with Crippen LogP contribution in [-0.2, 0) is 14.8 Å². The lowest BCUT2D eigenvalue weighted by Gasteiger charge is -2.31. The minimum atomic E-state index is -3.65. The van der Waals surface area contributed by atoms with E-state index in [4.69, 9.17) is 9.47 Å². The first kappa shape index (κ1) is 19.8. The molecule has 6 nitrogen and oxygen atoms in total. The fourth-order valence-electron chi connectivity index (χ4n) is 3.08. The third-order valence-electron chi connectivity index (χ3n) is 4.49. The Bertz CT molecular complexity index is 804. The van der Waals surface area contributed by atoms with Gasteiger partial charge in [0, 0.05) is 19.6 Å². The van der Waals surface area contributed by atoms with Gasteiger partial charge in [-0.3, -0.25) is 4.90 Å². The predicted molar refractivity (Wildman–Crippen MR) is 104 cm³/mol. The highest BCUT2D eigenvalue weighted by Crippen LogP contribution is 2.21. The van der Waals surface area contributed by atoms with Gasteiger partial charge < -0.3 is 9.47 Å². The normalized spacial score (nSPS) is 16.8. The van der Waals surface area contributed by atoms with E-state index in [0.29, 0.717) is 32.1 Å². The lowest BCUT2D eigenvalue weighted by molar-refractivity contribution is 0.0345. The summed E-state index contributed by atoms with van der Waals surface area (Å²) in [7, 11) is -3.65. The number of morpholine rings is 1. The van der Waals surface area contributed by atoms with E-state index in [1.165, 1.54) is 0 Å². The number of benzene rings is 2. The van der Waals surface area contributed by atoms with Gasteiger partial charge in [-0.2, -0.15) is 0 Å². The lowest BCUT2D eigenvalue weighted by atomic mass is 10.1. The monoisotopic (exact) mass is 390 g/mol. The number of rotatable bonds is 8. The molecule has 0 spiro atoms. The van der Waals surface area contributed by atoms with E-state index < -0.39 is 10.0 Å². The molecule has 0 bridgehead atoms. The first-order valence-electron chi connectivity index (χ1n) is 9.19. The number of hydrogen-bond donors (Lipinski definition) is 1. The molecule has 1 N–H and O–H groups in total. The van der Waals surface area contributed by atoms with Gasteiger partial charge in [0.05, 0.1) is 30.8 Å². The largest absolute Gasteiger partial charge is 0.494 e. The zero-order chi connectivity index (χ0) is 19.1. The van der Waals surface area contributed by atoms with E-state index in [0.717, 1.165) is 18.7 Å². The summed E-state index contributed by atoms with van der Waals surface area (Å²) >= 11 is 0. The van der Waals surface area contributed by atoms with E-state index in [-0.39, 0.29) is 10.9 Å². The zero-order valence-corrected chi connectivity index (χ0v) is 16.3. The Hall–Kier alpha value is -1.93. The molecule has 27 heavy (non-hydrogen) atoms. The highest BCUT2D eigenvalue weighted by Gasteiger charge is 2.24. The number of nitrogens with one attached hydrogen (secondary N) is 1. The van der Waals surface area contributed by atoms with Crippen molar-refractivity contribution >= 4 is 10.0 Å². The summed E-state index contributed by atoms with van der Waals surface area (Å²) in [6.45, 7) is 5.98. The van der Waals surface area contributed by atoms with Crippen LogP contribution in [0.25, 0.3) is 0 Å². The van der Waals surface area contributed by atoms with Crippen LogP contribution in [0.5, 0.6) is 5.75 Å². The summed E-state index contributed by atoms with van der Waals surface area (Å²) in [5.74, 6) is 0.657. The number of nitrogens with zero attached hydrogens (tertiary/aromatic N) is 1. The molecule has 0 amide bonds. The second-order valence-corrected chi connectivity index (χ2v) is 8.12. The van der Waals surface area contributed by atoms with Crippen molar-refractivity contribution in [3.63, 3.8) is 0 Å². The first-order chi connectivity index (χ1) is 13.1. The Balaban J connectivity index is 1.79. The van der Waals surface area contributed by atoms with Crippen LogP contribution in [0.2, 0.25) is 0 Å². The molecule has 3 rings (SSSR count). The molecule has 0 radical (unpaired) electrons. The van der Waals surface area contributed by atoms with Gasteiger partial charge in [0.15, 0.2) is 0 Å². The standard InChI is InChI=1S/C20H26N2O4S/c1-2-26-18-8-10-19(11-9-18)27(23,24)21-20(17-6-4-3-5-7-17)16-22-12-14-25-15-13-22/h3-11,20-21H,2,12-16H2,1H3/t20-/m1/s1. The van der Waals surface area contributed by atoms with Gasteiger partial charge in [0.25, 0.3) is 0 Å². The van der Waals surface area contributed by atoms with Crippen LogP contribution in [0.3, 0.4) is 0 Å². The maximum atomic E-state index is 12.9. The molecule has 1 heterocycles. The molecule has 2 aromatic rings. The molecule has 1 saturated heterocycles. The van der Waals surface area contributed by atoms with E-state index in [1.807, 2.05) is 37.3 Å². The van der Waals surface area contributed by atoms with Crippen LogP contribution in [0.4, 0.5) is 0 Å². The van der Waals surface area contributed by atoms with Gasteiger partial charge >= 0.3 is 0 Å². The SMILES string of the molecule is CCOc1ccc(S(=O)(=O)N[C@H](CN2CCOCC2)c2ccccc2)cc1. The van der Waals surface area contributed by atoms with Crippen molar-refractivity contribution in [2.24, 2.45) is 0 Å². The summed E-state index contributed by atoms with van der Waals surface area (Å²) < 4.78 is 39.5. The van der Waals surface area contributed by atoms with Crippen LogP contribution in [-0.4, -0.2) is 52.8 Å². The highest BCUT2D eigenvalue weighted by molar-refractivity contribution is 7.89. The molecule has 0 aliphatic carbocycles. The molecule has 0 unspecified atom stereocenters. The van der Waals surface area contributed by atoms with E-state index in [1.54, 1.807) is 24.3 Å². The van der Waals surface area contributed by atoms with Crippen molar-refractivity contribution in [2.45, 2.75) is 17.9 Å². The van der Waals surface area contributed by atoms with Crippen molar-refractivity contribution in [1.82, 2.24) is 9.62 Å². The molecular weight excluding hydrogens is 364 g/mol. The van der Waals surface area contributed by atoms with Crippen LogP contribution in [0.1, 0.15) is 18.5 Å². The molecule has 146 valence electrons. The molecule has 1 aliphatic rings. The van der Waals surface area contributed by atoms with Gasteiger partial charge in [0.2, 0.25) is 10.0 Å². The third kappa shape index (κ3) is 5.52. The summed E-state index contributed by atoms with van der Waals surface area (Å²) in [5.41, 5.74) is 0.943. The molecular formula is C20H26N2O4S. The van der Waals surface area contributed by atoms with E-state index >= 15 is 0 Å². The quantitative estimate of drug-likeness (QED) is 0.750. The van der Waals surface area contributed by atoms with Crippen LogP contribution >= 0.6 is 0 Å². The number of sulfonamides is 1. The predicted octanol–water partition coefficient (Wildman–Crippen LogP) is 2.44. The third-order valence-corrected chi connectivity index (χ3v) is 5.98. The molecule has 7 heteroatoms. The van der Waals surface area contributed by atoms with Crippen LogP contribution in [0, 0.1) is 0 Å². The minimum absolute atomic E-state index is 0.230. The van der Waals surface area contributed by atoms with Crippen molar-refractivity contribution in [3.8, 4) is 5.75 Å². The van der Waals surface area contributed by atoms with Gasteiger partial charge in [-0.1, -0.05) is 30.3 Å². The molecule has 1 aliphatic heterocycles. The lowest BCUT2D eigenvalue weighted by Crippen LogP contribution is -2.43. The average molecular weight is 391 g/mol. The van der Waals surface area contributed by atoms with Crippen LogP contribution in [0.15, 0.2) is 59.5 Å². The highest BCUT2D eigenvalue weighted by atomic mass is 32.2. The molecule has 0 aromatic heterocycles. The van der Waals surface area contributed by atoms with Gasteiger partial charge in [-0.05, 0) is 36.8 Å². The average Bonchev–Trinajstić information content (AvgIpc) is 2.69. The van der Waals surface area contributed by atoms with Crippen molar-refractivity contribution in [1.29, 1.82) is 0 Å². The van der Waals surface area contributed by atoms with Crippen molar-refractivity contribution in [3.05, 3.63) is 60.2 Å². The Kier molecular flexibility index (Phi) is 6.84. The first-order valence-corrected chi connectivity index (χ1v) is 10.7. The zero-order valence-electron chi connectivity index (χ0n) is 15.5. The fourth-order valence-corrected chi connectivity index (χ4v) is 4.29. The molecule has 1 fully saturated rings. The fraction of sp³-hybridized carbons (Fsp3) is 0.400. The van der Waals surface area contributed by atoms with Crippen molar-refractivity contribution < 1.29 is 17.9 Å².